The summed E-state index contributed by atoms with van der Waals surface area (Å²) in [4.78, 5) is 10.7. The maximum Gasteiger partial charge on any atom is 0.217 e. The van der Waals surface area contributed by atoms with Gasteiger partial charge >= 0.3 is 0 Å². The first-order valence-electron chi connectivity index (χ1n) is 4.43. The fourth-order valence-corrected chi connectivity index (χ4v) is 1.61. The molecule has 1 saturated carbocycles. The molecule has 0 heterocycles. The molecule has 1 amide bonds. The van der Waals surface area contributed by atoms with Gasteiger partial charge in [0.25, 0.3) is 0 Å². The van der Waals surface area contributed by atoms with Crippen LogP contribution >= 0.6 is 0 Å². The first kappa shape index (κ1) is 11.4. The summed E-state index contributed by atoms with van der Waals surface area (Å²) in [6.07, 6.45) is -5.16. The van der Waals surface area contributed by atoms with Gasteiger partial charge in [-0.15, -0.1) is 0 Å². The minimum atomic E-state index is -1.43. The first-order valence-corrected chi connectivity index (χ1v) is 4.43. The molecule has 0 aromatic rings. The Kier molecular flexibility index (Phi) is 3.43. The lowest BCUT2D eigenvalue weighted by Gasteiger charge is -2.38. The van der Waals surface area contributed by atoms with Crippen LogP contribution in [0.15, 0.2) is 0 Å². The summed E-state index contributed by atoms with van der Waals surface area (Å²) in [5.74, 6) is -0.357. The number of aliphatic hydroxyl groups excluding tert-OH is 4. The number of hydrogen-bond acceptors (Lipinski definition) is 5. The molecule has 6 nitrogen and oxygen atoms in total. The van der Waals surface area contributed by atoms with Crippen molar-refractivity contribution < 1.29 is 25.2 Å². The Morgan fingerprint density at radius 2 is 1.71 bits per heavy atom. The second-order valence-electron chi connectivity index (χ2n) is 3.58. The Balaban J connectivity index is 2.65. The number of carbonyl (C=O) groups excluding carboxylic acids is 1. The largest absolute Gasteiger partial charge is 0.390 e. The Morgan fingerprint density at radius 1 is 1.14 bits per heavy atom. The second-order valence-corrected chi connectivity index (χ2v) is 3.58. The predicted molar refractivity (Wildman–Crippen MR) is 46.2 cm³/mol. The van der Waals surface area contributed by atoms with E-state index in [1.165, 1.54) is 6.92 Å². The minimum Gasteiger partial charge on any atom is -0.390 e. The van der Waals surface area contributed by atoms with Crippen LogP contribution in [0.4, 0.5) is 0 Å². The van der Waals surface area contributed by atoms with Crippen molar-refractivity contribution in [1.29, 1.82) is 0 Å². The van der Waals surface area contributed by atoms with Crippen molar-refractivity contribution in [2.24, 2.45) is 0 Å². The van der Waals surface area contributed by atoms with Crippen LogP contribution < -0.4 is 5.32 Å². The predicted octanol–water partition coefficient (Wildman–Crippen LogP) is -2.66. The molecule has 5 unspecified atom stereocenters. The summed E-state index contributed by atoms with van der Waals surface area (Å²) in [5.41, 5.74) is 0. The molecule has 5 atom stereocenters. The van der Waals surface area contributed by atoms with Crippen molar-refractivity contribution in [2.75, 3.05) is 0 Å². The molecule has 6 heteroatoms. The van der Waals surface area contributed by atoms with Gasteiger partial charge in [-0.05, 0) is 6.42 Å². The van der Waals surface area contributed by atoms with Crippen molar-refractivity contribution in [2.45, 2.75) is 43.8 Å². The smallest absolute Gasteiger partial charge is 0.217 e. The summed E-state index contributed by atoms with van der Waals surface area (Å²) in [5, 5.41) is 39.6. The van der Waals surface area contributed by atoms with Crippen LogP contribution in [0.25, 0.3) is 0 Å². The van der Waals surface area contributed by atoms with Gasteiger partial charge in [0.15, 0.2) is 0 Å². The zero-order valence-corrected chi connectivity index (χ0v) is 7.79. The van der Waals surface area contributed by atoms with E-state index in [-0.39, 0.29) is 12.3 Å². The molecule has 0 aromatic heterocycles. The van der Waals surface area contributed by atoms with Crippen molar-refractivity contribution in [3.8, 4) is 0 Å². The van der Waals surface area contributed by atoms with Crippen LogP contribution in [0.3, 0.4) is 0 Å². The molecule has 1 aliphatic carbocycles. The molecular weight excluding hydrogens is 190 g/mol. The van der Waals surface area contributed by atoms with Crippen LogP contribution in [0.5, 0.6) is 0 Å². The summed E-state index contributed by atoms with van der Waals surface area (Å²) in [6.45, 7) is 1.27. The highest BCUT2D eigenvalue weighted by Crippen LogP contribution is 2.20. The van der Waals surface area contributed by atoms with Gasteiger partial charge in [-0.2, -0.15) is 0 Å². The Labute approximate surface area is 81.2 Å². The average molecular weight is 205 g/mol. The summed E-state index contributed by atoms with van der Waals surface area (Å²) in [7, 11) is 0. The zero-order chi connectivity index (χ0) is 10.9. The number of amides is 1. The van der Waals surface area contributed by atoms with E-state index >= 15 is 0 Å². The number of aliphatic hydroxyl groups is 4. The molecule has 0 bridgehead atoms. The normalized spacial score (nSPS) is 43.4. The van der Waals surface area contributed by atoms with Crippen molar-refractivity contribution in [1.82, 2.24) is 5.32 Å². The van der Waals surface area contributed by atoms with E-state index in [4.69, 9.17) is 0 Å². The Hall–Kier alpha value is -0.690. The van der Waals surface area contributed by atoms with E-state index in [0.717, 1.165) is 0 Å². The van der Waals surface area contributed by atoms with Gasteiger partial charge in [-0.25, -0.2) is 0 Å². The maximum absolute atomic E-state index is 10.7. The topological polar surface area (TPSA) is 110 Å². The highest BCUT2D eigenvalue weighted by molar-refractivity contribution is 5.73. The Morgan fingerprint density at radius 3 is 2.21 bits per heavy atom. The lowest BCUT2D eigenvalue weighted by atomic mass is 9.85. The lowest BCUT2D eigenvalue weighted by Crippen LogP contribution is -2.60. The van der Waals surface area contributed by atoms with Gasteiger partial charge in [0.1, 0.15) is 18.3 Å². The molecule has 1 rings (SSSR count). The highest BCUT2D eigenvalue weighted by Gasteiger charge is 2.42. The van der Waals surface area contributed by atoms with Crippen molar-refractivity contribution >= 4 is 5.91 Å². The average Bonchev–Trinajstić information content (AvgIpc) is 2.10. The molecule has 1 aliphatic rings. The quantitative estimate of drug-likeness (QED) is 0.321. The van der Waals surface area contributed by atoms with Gasteiger partial charge < -0.3 is 25.7 Å². The van der Waals surface area contributed by atoms with E-state index in [1.54, 1.807) is 0 Å². The standard InChI is InChI=1S/C8H15NO5/c1-3(10)9-4-2-5(11)7(13)8(14)6(4)12/h4-8,11-14H,2H2,1H3,(H,9,10). The van der Waals surface area contributed by atoms with Crippen LogP contribution in [0.1, 0.15) is 13.3 Å². The van der Waals surface area contributed by atoms with Crippen molar-refractivity contribution in [3.63, 3.8) is 0 Å². The van der Waals surface area contributed by atoms with Crippen LogP contribution in [-0.4, -0.2) is 56.8 Å². The summed E-state index contributed by atoms with van der Waals surface area (Å²) in [6, 6.07) is -0.721. The second kappa shape index (κ2) is 4.22. The summed E-state index contributed by atoms with van der Waals surface area (Å²) >= 11 is 0. The third-order valence-electron chi connectivity index (χ3n) is 2.39. The fourth-order valence-electron chi connectivity index (χ4n) is 1.61. The lowest BCUT2D eigenvalue weighted by molar-refractivity contribution is -0.150. The maximum atomic E-state index is 10.7. The van der Waals surface area contributed by atoms with E-state index < -0.39 is 30.5 Å². The number of hydrogen-bond donors (Lipinski definition) is 5. The molecule has 0 aromatic carbocycles. The van der Waals surface area contributed by atoms with E-state index in [2.05, 4.69) is 5.32 Å². The molecule has 0 spiro atoms. The summed E-state index contributed by atoms with van der Waals surface area (Å²) < 4.78 is 0. The van der Waals surface area contributed by atoms with E-state index in [9.17, 15) is 25.2 Å². The minimum absolute atomic E-state index is 0.0268. The molecule has 0 saturated heterocycles. The monoisotopic (exact) mass is 205 g/mol. The van der Waals surface area contributed by atoms with Crippen LogP contribution in [-0.2, 0) is 4.79 Å². The molecular formula is C8H15NO5. The molecule has 14 heavy (non-hydrogen) atoms. The molecule has 5 N–H and O–H groups in total. The molecule has 0 radical (unpaired) electrons. The Bertz CT molecular complexity index is 222. The number of nitrogens with one attached hydrogen (secondary N) is 1. The number of carbonyl (C=O) groups is 1. The van der Waals surface area contributed by atoms with Gasteiger partial charge in [0, 0.05) is 6.92 Å². The molecule has 1 fully saturated rings. The number of rotatable bonds is 1. The third-order valence-corrected chi connectivity index (χ3v) is 2.39. The van der Waals surface area contributed by atoms with Crippen LogP contribution in [0.2, 0.25) is 0 Å². The van der Waals surface area contributed by atoms with Crippen molar-refractivity contribution in [3.05, 3.63) is 0 Å². The van der Waals surface area contributed by atoms with E-state index in [1.807, 2.05) is 0 Å². The third kappa shape index (κ3) is 2.21. The SMILES string of the molecule is CC(=O)NC1CC(O)C(O)C(O)C1O. The highest BCUT2D eigenvalue weighted by atomic mass is 16.4. The van der Waals surface area contributed by atoms with Gasteiger partial charge in [-0.1, -0.05) is 0 Å². The van der Waals surface area contributed by atoms with E-state index in [0.29, 0.717) is 0 Å². The van der Waals surface area contributed by atoms with Gasteiger partial charge in [0.05, 0.1) is 12.1 Å². The van der Waals surface area contributed by atoms with Gasteiger partial charge in [-0.3, -0.25) is 4.79 Å². The zero-order valence-electron chi connectivity index (χ0n) is 7.79. The molecule has 82 valence electrons. The van der Waals surface area contributed by atoms with Gasteiger partial charge in [0.2, 0.25) is 5.91 Å². The first-order chi connectivity index (χ1) is 6.43. The van der Waals surface area contributed by atoms with Crippen LogP contribution in [0, 0.1) is 0 Å². The fraction of sp³-hybridized carbons (Fsp3) is 0.875. The molecule has 0 aliphatic heterocycles.